The van der Waals surface area contributed by atoms with E-state index < -0.39 is 23.3 Å². The molecule has 5 nitrogen and oxygen atoms in total. The summed E-state index contributed by atoms with van der Waals surface area (Å²) >= 11 is 0. The molecule has 1 aliphatic heterocycles. The molecule has 3 unspecified atom stereocenters. The van der Waals surface area contributed by atoms with E-state index in [1.807, 2.05) is 13.8 Å². The van der Waals surface area contributed by atoms with Crippen molar-refractivity contribution in [2.24, 2.45) is 16.3 Å². The van der Waals surface area contributed by atoms with Gasteiger partial charge in [0.05, 0.1) is 6.02 Å². The van der Waals surface area contributed by atoms with Crippen molar-refractivity contribution in [2.45, 2.75) is 40.0 Å². The monoisotopic (exact) mass is 424 g/mol. The first-order chi connectivity index (χ1) is 7.48. The van der Waals surface area contributed by atoms with Crippen molar-refractivity contribution in [1.82, 2.24) is 5.32 Å². The van der Waals surface area contributed by atoms with Gasteiger partial charge in [-0.05, 0) is 18.8 Å². The number of rotatable bonds is 4. The van der Waals surface area contributed by atoms with E-state index in [-0.39, 0.29) is 86.2 Å². The Kier molecular flexibility index (Phi) is 14.7. The number of nitrogens with one attached hydrogen (secondary N) is 1. The van der Waals surface area contributed by atoms with Crippen LogP contribution < -0.4 is 40.0 Å². The van der Waals surface area contributed by atoms with Gasteiger partial charge in [0, 0.05) is 40.8 Å². The minimum Gasteiger partial charge on any atom is -0.846 e. The largest absolute Gasteiger partial charge is 1.00 e. The van der Waals surface area contributed by atoms with Crippen LogP contribution in [0.25, 0.3) is 0 Å². The van der Waals surface area contributed by atoms with Crippen LogP contribution in [0, 0.1) is 52.2 Å². The minimum absolute atomic E-state index is 0. The molecule has 0 bridgehead atoms. The predicted molar refractivity (Wildman–Crippen MR) is 68.5 cm³/mol. The van der Waals surface area contributed by atoms with Crippen molar-refractivity contribution in [2.75, 3.05) is 0 Å². The van der Waals surface area contributed by atoms with Crippen molar-refractivity contribution in [3.8, 4) is 0 Å². The van der Waals surface area contributed by atoms with Crippen LogP contribution in [-0.4, -0.2) is 17.8 Å². The Morgan fingerprint density at radius 3 is 2.26 bits per heavy atom. The van der Waals surface area contributed by atoms with Gasteiger partial charge in [0.15, 0.2) is 0 Å². The van der Waals surface area contributed by atoms with E-state index in [0.717, 1.165) is 12.8 Å². The molecule has 1 rings (SSSR count). The van der Waals surface area contributed by atoms with Gasteiger partial charge in [-0.3, -0.25) is 9.59 Å². The molecule has 102 valence electrons. The third-order valence-corrected chi connectivity index (χ3v) is 3.33. The first-order valence-corrected chi connectivity index (χ1v) is 5.60. The summed E-state index contributed by atoms with van der Waals surface area (Å²) in [6, 6.07) is -0.845. The van der Waals surface area contributed by atoms with Gasteiger partial charge in [0.25, 0.3) is 5.91 Å². The van der Waals surface area contributed by atoms with Crippen LogP contribution in [0.4, 0.5) is 0 Å². The Morgan fingerprint density at radius 2 is 1.89 bits per heavy atom. The Labute approximate surface area is 172 Å². The van der Waals surface area contributed by atoms with Gasteiger partial charge in [-0.2, -0.15) is 9.90 Å². The molecule has 0 saturated heterocycles. The molecule has 2 amide bonds. The predicted octanol–water partition coefficient (Wildman–Crippen LogP) is -2.75. The number of carbonyl (C=O) groups excluding carboxylic acids is 2. The summed E-state index contributed by atoms with van der Waals surface area (Å²) in [6.45, 7) is 5.62. The quantitative estimate of drug-likeness (QED) is 0.301. The van der Waals surface area contributed by atoms with E-state index in [2.05, 4.69) is 10.3 Å². The maximum Gasteiger partial charge on any atom is 1.00 e. The minimum atomic E-state index is -1.15. The van der Waals surface area contributed by atoms with Crippen molar-refractivity contribution >= 4 is 27.7 Å². The normalized spacial score (nSPS) is 23.0. The maximum absolute atomic E-state index is 11.9. The number of amides is 2. The first-order valence-electron chi connectivity index (χ1n) is 5.60. The fourth-order valence-electron chi connectivity index (χ4n) is 2.30. The van der Waals surface area contributed by atoms with Gasteiger partial charge < -0.3 is 10.4 Å². The summed E-state index contributed by atoms with van der Waals surface area (Å²) in [5.41, 5.74) is -1.15. The van der Waals surface area contributed by atoms with Gasteiger partial charge in [0.1, 0.15) is 5.41 Å². The molecule has 3 atom stereocenters. The fraction of sp³-hybridized carbons (Fsp3) is 0.727. The third-order valence-electron chi connectivity index (χ3n) is 3.33. The maximum atomic E-state index is 11.9. The smallest absolute Gasteiger partial charge is 0.846 e. The zero-order valence-electron chi connectivity index (χ0n) is 12.1. The van der Waals surface area contributed by atoms with Gasteiger partial charge in [-0.15, -0.1) is 0 Å². The molecule has 8 heteroatoms. The fourth-order valence-corrected chi connectivity index (χ4v) is 2.30. The van der Waals surface area contributed by atoms with Crippen molar-refractivity contribution in [3.63, 3.8) is 0 Å². The molecule has 0 fully saturated rings. The second-order valence-electron chi connectivity index (χ2n) is 4.19. The van der Waals surface area contributed by atoms with Crippen molar-refractivity contribution in [1.29, 1.82) is 0 Å². The SMILES string of the molecule is CCCC(C)C1(CC)C(=O)N=C([O-])NC1=O.P.[Na+].[Nd]. The van der Waals surface area contributed by atoms with Crippen LogP contribution in [0.3, 0.4) is 0 Å². The van der Waals surface area contributed by atoms with E-state index in [9.17, 15) is 14.7 Å². The second-order valence-corrected chi connectivity index (χ2v) is 4.19. The van der Waals surface area contributed by atoms with Gasteiger partial charge in [-0.1, -0.05) is 27.2 Å². The number of hydrogen-bond donors (Lipinski definition) is 1. The van der Waals surface area contributed by atoms with Gasteiger partial charge in [-0.25, -0.2) is 4.99 Å². The van der Waals surface area contributed by atoms with Crippen molar-refractivity contribution < 1.29 is 85.1 Å². The number of carbonyl (C=O) groups is 2. The van der Waals surface area contributed by atoms with Crippen LogP contribution in [0.5, 0.6) is 0 Å². The van der Waals surface area contributed by atoms with Crippen LogP contribution in [0.1, 0.15) is 40.0 Å². The number of aliphatic imine (C=N–C) groups is 1. The number of hydrogen-bond acceptors (Lipinski definition) is 3. The van der Waals surface area contributed by atoms with Crippen LogP contribution >= 0.6 is 9.90 Å². The van der Waals surface area contributed by atoms with E-state index in [1.165, 1.54) is 0 Å². The summed E-state index contributed by atoms with van der Waals surface area (Å²) < 4.78 is 0. The Morgan fingerprint density at radius 1 is 1.37 bits per heavy atom. The standard InChI is InChI=1S/C11H18N2O3.Na.Nd.H3P/c1-4-6-7(3)11(5-2)8(14)12-10(16)13-9(11)15;;;/h7H,4-6H2,1-3H3,(H2,12,13,14,15,16);;;1H3/q;+1;;/p-1. The molecule has 0 saturated carbocycles. The van der Waals surface area contributed by atoms with Gasteiger partial charge >= 0.3 is 29.6 Å². The van der Waals surface area contributed by atoms with E-state index in [0.29, 0.717) is 6.42 Å². The van der Waals surface area contributed by atoms with Crippen LogP contribution in [0.15, 0.2) is 4.99 Å². The van der Waals surface area contributed by atoms with E-state index in [1.54, 1.807) is 6.92 Å². The molecule has 19 heavy (non-hydrogen) atoms. The number of nitrogens with zero attached hydrogens (tertiary/aromatic N) is 1. The Balaban J connectivity index is -0.000000853. The molecule has 0 spiro atoms. The summed E-state index contributed by atoms with van der Waals surface area (Å²) in [5.74, 6) is -1.20. The molecule has 1 N–H and O–H groups in total. The zero-order valence-corrected chi connectivity index (χ0v) is 18.7. The summed E-state index contributed by atoms with van der Waals surface area (Å²) in [5, 5.41) is 13.1. The van der Waals surface area contributed by atoms with E-state index >= 15 is 0 Å². The number of amidine groups is 1. The molecule has 0 aromatic carbocycles. The van der Waals surface area contributed by atoms with Crippen LogP contribution in [-0.2, 0) is 9.59 Å². The first kappa shape index (κ1) is 25.4. The molecule has 0 aromatic heterocycles. The second kappa shape index (κ2) is 11.0. The van der Waals surface area contributed by atoms with Crippen molar-refractivity contribution in [3.05, 3.63) is 0 Å². The van der Waals surface area contributed by atoms with Gasteiger partial charge in [0.2, 0.25) is 5.91 Å². The molecule has 0 aliphatic carbocycles. The third kappa shape index (κ3) is 5.26. The molecule has 1 aliphatic rings. The average molecular weight is 426 g/mol. The molecular formula is C11H20N2NaNdO3P. The Hall–Kier alpha value is 1.39. The average Bonchev–Trinajstić information content (AvgIpc) is 2.18. The molecular weight excluding hydrogens is 406 g/mol. The van der Waals surface area contributed by atoms with E-state index in [4.69, 9.17) is 0 Å². The summed E-state index contributed by atoms with van der Waals surface area (Å²) in [4.78, 5) is 27.1. The molecule has 0 aromatic rings. The molecule has 0 radical (unpaired) electrons. The van der Waals surface area contributed by atoms with Crippen LogP contribution in [0.2, 0.25) is 0 Å². The molecule has 1 heterocycles. The summed E-state index contributed by atoms with van der Waals surface area (Å²) in [6.07, 6.45) is 2.02. The summed E-state index contributed by atoms with van der Waals surface area (Å²) in [7, 11) is 0. The zero-order chi connectivity index (χ0) is 12.3. The Bertz CT molecular complexity index is 355. The topological polar surface area (TPSA) is 81.6 Å².